The lowest BCUT2D eigenvalue weighted by Gasteiger charge is -2.11. The Kier molecular flexibility index (Phi) is 3.25. The second-order valence-corrected chi connectivity index (χ2v) is 2.91. The number of urea groups is 1. The average molecular weight is 211 g/mol. The molecule has 8 heteroatoms. The van der Waals surface area contributed by atoms with Gasteiger partial charge in [0.05, 0.1) is 0 Å². The van der Waals surface area contributed by atoms with Gasteiger partial charge >= 0.3 is 17.8 Å². The molecule has 1 aliphatic heterocycles. The fraction of sp³-hybridized carbons (Fsp3) is 0.571. The standard InChI is InChI=1S/C7H9N5O3/c1-11-5(13)6(14)12(7(11)15)4-2-3-9-10-8/h2-4H2,1H3. The summed E-state index contributed by atoms with van der Waals surface area (Å²) in [6, 6.07) is -0.633. The van der Waals surface area contributed by atoms with Crippen LogP contribution in [-0.2, 0) is 9.59 Å². The molecule has 1 heterocycles. The van der Waals surface area contributed by atoms with Gasteiger partial charge in [-0.1, -0.05) is 5.11 Å². The van der Waals surface area contributed by atoms with Crippen LogP contribution in [0.2, 0.25) is 0 Å². The molecule has 1 aliphatic rings. The quantitative estimate of drug-likeness (QED) is 0.164. The van der Waals surface area contributed by atoms with E-state index in [4.69, 9.17) is 5.53 Å². The molecule has 4 amide bonds. The molecule has 1 saturated heterocycles. The minimum Gasteiger partial charge on any atom is -0.263 e. The van der Waals surface area contributed by atoms with Gasteiger partial charge in [0.25, 0.3) is 0 Å². The summed E-state index contributed by atoms with van der Waals surface area (Å²) >= 11 is 0. The largest absolute Gasteiger partial charge is 0.333 e. The van der Waals surface area contributed by atoms with Crippen LogP contribution in [0.5, 0.6) is 0 Å². The van der Waals surface area contributed by atoms with Gasteiger partial charge in [-0.05, 0) is 12.0 Å². The lowest BCUT2D eigenvalue weighted by atomic mass is 10.4. The van der Waals surface area contributed by atoms with E-state index in [0.717, 1.165) is 9.80 Å². The maximum atomic E-state index is 11.3. The number of hydrogen-bond donors (Lipinski definition) is 0. The minimum absolute atomic E-state index is 0.0900. The zero-order valence-corrected chi connectivity index (χ0v) is 8.08. The highest BCUT2D eigenvalue weighted by Gasteiger charge is 2.41. The Morgan fingerprint density at radius 1 is 1.33 bits per heavy atom. The third kappa shape index (κ3) is 2.05. The first-order valence-electron chi connectivity index (χ1n) is 4.24. The van der Waals surface area contributed by atoms with E-state index in [2.05, 4.69) is 10.0 Å². The number of carbonyl (C=O) groups is 3. The van der Waals surface area contributed by atoms with Crippen molar-refractivity contribution >= 4 is 17.8 Å². The van der Waals surface area contributed by atoms with Gasteiger partial charge < -0.3 is 0 Å². The van der Waals surface area contributed by atoms with Crippen LogP contribution in [0.15, 0.2) is 5.11 Å². The van der Waals surface area contributed by atoms with Crippen molar-refractivity contribution in [2.24, 2.45) is 5.11 Å². The van der Waals surface area contributed by atoms with Gasteiger partial charge in [-0.15, -0.1) is 0 Å². The lowest BCUT2D eigenvalue weighted by molar-refractivity contribution is -0.142. The van der Waals surface area contributed by atoms with Crippen molar-refractivity contribution in [1.82, 2.24) is 9.80 Å². The second kappa shape index (κ2) is 4.43. The average Bonchev–Trinajstić information content (AvgIpc) is 2.41. The van der Waals surface area contributed by atoms with Gasteiger partial charge in [0.1, 0.15) is 0 Å². The summed E-state index contributed by atoms with van der Waals surface area (Å²) in [4.78, 5) is 37.7. The van der Waals surface area contributed by atoms with E-state index in [9.17, 15) is 14.4 Å². The van der Waals surface area contributed by atoms with Crippen molar-refractivity contribution in [2.75, 3.05) is 20.1 Å². The number of amides is 4. The van der Waals surface area contributed by atoms with Gasteiger partial charge in [0.15, 0.2) is 0 Å². The highest BCUT2D eigenvalue weighted by Crippen LogP contribution is 2.09. The van der Waals surface area contributed by atoms with E-state index in [1.807, 2.05) is 0 Å². The molecule has 0 saturated carbocycles. The topological polar surface area (TPSA) is 106 Å². The van der Waals surface area contributed by atoms with Gasteiger partial charge in [-0.2, -0.15) is 0 Å². The van der Waals surface area contributed by atoms with Crippen LogP contribution in [0.1, 0.15) is 6.42 Å². The molecule has 1 fully saturated rings. The van der Waals surface area contributed by atoms with E-state index in [-0.39, 0.29) is 13.1 Å². The fourth-order valence-corrected chi connectivity index (χ4v) is 1.16. The van der Waals surface area contributed by atoms with E-state index in [0.29, 0.717) is 6.42 Å². The summed E-state index contributed by atoms with van der Waals surface area (Å²) < 4.78 is 0. The first-order chi connectivity index (χ1) is 7.09. The molecule has 0 unspecified atom stereocenters. The van der Waals surface area contributed by atoms with Crippen LogP contribution in [0, 0.1) is 0 Å². The fourth-order valence-electron chi connectivity index (χ4n) is 1.16. The first kappa shape index (κ1) is 11.0. The zero-order valence-electron chi connectivity index (χ0n) is 8.08. The minimum atomic E-state index is -0.830. The van der Waals surface area contributed by atoms with E-state index in [1.165, 1.54) is 7.05 Å². The van der Waals surface area contributed by atoms with Crippen LogP contribution in [-0.4, -0.2) is 47.8 Å². The Morgan fingerprint density at radius 2 is 2.00 bits per heavy atom. The monoisotopic (exact) mass is 211 g/mol. The highest BCUT2D eigenvalue weighted by atomic mass is 16.2. The number of likely N-dealkylation sites (N-methyl/N-ethyl adjacent to an activating group) is 1. The molecule has 0 atom stereocenters. The molecule has 0 aliphatic carbocycles. The van der Waals surface area contributed by atoms with Crippen molar-refractivity contribution in [3.63, 3.8) is 0 Å². The van der Waals surface area contributed by atoms with Gasteiger partial charge in [0, 0.05) is 25.0 Å². The molecule has 0 aromatic heterocycles. The molecule has 8 nitrogen and oxygen atoms in total. The van der Waals surface area contributed by atoms with Gasteiger partial charge in [-0.25, -0.2) is 4.79 Å². The third-order valence-corrected chi connectivity index (χ3v) is 1.95. The summed E-state index contributed by atoms with van der Waals surface area (Å²) in [6.45, 7) is 0.276. The number of nitrogens with zero attached hydrogens (tertiary/aromatic N) is 5. The molecule has 15 heavy (non-hydrogen) atoms. The second-order valence-electron chi connectivity index (χ2n) is 2.91. The van der Waals surface area contributed by atoms with Crippen molar-refractivity contribution in [1.29, 1.82) is 0 Å². The molecule has 80 valence electrons. The summed E-state index contributed by atoms with van der Waals surface area (Å²) in [5.74, 6) is -1.66. The lowest BCUT2D eigenvalue weighted by Crippen LogP contribution is -2.32. The van der Waals surface area contributed by atoms with Crippen LogP contribution >= 0.6 is 0 Å². The summed E-state index contributed by atoms with van der Waals surface area (Å²) in [5, 5.41) is 3.25. The van der Waals surface area contributed by atoms with Crippen molar-refractivity contribution in [2.45, 2.75) is 6.42 Å². The van der Waals surface area contributed by atoms with Gasteiger partial charge in [-0.3, -0.25) is 19.4 Å². The molecule has 1 rings (SSSR count). The van der Waals surface area contributed by atoms with E-state index in [1.54, 1.807) is 0 Å². The van der Waals surface area contributed by atoms with Crippen molar-refractivity contribution in [3.8, 4) is 0 Å². The number of imide groups is 2. The van der Waals surface area contributed by atoms with Crippen molar-refractivity contribution in [3.05, 3.63) is 10.4 Å². The van der Waals surface area contributed by atoms with Crippen LogP contribution < -0.4 is 0 Å². The van der Waals surface area contributed by atoms with E-state index < -0.39 is 17.8 Å². The number of hydrogen-bond acceptors (Lipinski definition) is 4. The SMILES string of the molecule is CN1C(=O)C(=O)N(CCCN=[N+]=[N-])C1=O. The summed E-state index contributed by atoms with van der Waals surface area (Å²) in [6.07, 6.45) is 0.350. The highest BCUT2D eigenvalue weighted by molar-refractivity contribution is 6.44. The Morgan fingerprint density at radius 3 is 2.47 bits per heavy atom. The third-order valence-electron chi connectivity index (χ3n) is 1.95. The number of azide groups is 1. The first-order valence-corrected chi connectivity index (χ1v) is 4.24. The smallest absolute Gasteiger partial charge is 0.263 e. The number of carbonyl (C=O) groups excluding carboxylic acids is 3. The molecule has 0 aromatic carbocycles. The predicted octanol–water partition coefficient (Wildman–Crippen LogP) is 0.107. The normalized spacial score (nSPS) is 15.9. The Balaban J connectivity index is 2.55. The molecule has 0 N–H and O–H groups in total. The Labute approximate surface area is 85.1 Å². The van der Waals surface area contributed by atoms with Crippen LogP contribution in [0.4, 0.5) is 4.79 Å². The number of rotatable bonds is 4. The molecule has 0 radical (unpaired) electrons. The zero-order chi connectivity index (χ0) is 11.4. The van der Waals surface area contributed by atoms with Crippen LogP contribution in [0.25, 0.3) is 10.4 Å². The van der Waals surface area contributed by atoms with Crippen LogP contribution in [0.3, 0.4) is 0 Å². The molecule has 0 aromatic rings. The summed E-state index contributed by atoms with van der Waals surface area (Å²) in [7, 11) is 1.25. The Bertz CT molecular complexity index is 360. The van der Waals surface area contributed by atoms with Gasteiger partial charge in [0.2, 0.25) is 0 Å². The summed E-state index contributed by atoms with van der Waals surface area (Å²) in [5.41, 5.74) is 7.99. The molecular weight excluding hydrogens is 202 g/mol. The molecular formula is C7H9N5O3. The van der Waals surface area contributed by atoms with Crippen molar-refractivity contribution < 1.29 is 14.4 Å². The van der Waals surface area contributed by atoms with E-state index >= 15 is 0 Å². The molecule has 0 bridgehead atoms. The maximum absolute atomic E-state index is 11.3. The predicted molar refractivity (Wildman–Crippen MR) is 48.5 cm³/mol. The molecule has 0 spiro atoms. The maximum Gasteiger partial charge on any atom is 0.333 e. The Hall–Kier alpha value is -2.08.